The number of aliphatic carboxylic acids is 1. The molecule has 5 heteroatoms. The quantitative estimate of drug-likeness (QED) is 0.847. The van der Waals surface area contributed by atoms with Crippen LogP contribution in [0.4, 0.5) is 0 Å². The van der Waals surface area contributed by atoms with Crippen LogP contribution in [-0.4, -0.2) is 60.0 Å². The zero-order valence-corrected chi connectivity index (χ0v) is 12.7. The molecule has 1 unspecified atom stereocenters. The Kier molecular flexibility index (Phi) is 4.68. The number of nitrogens with zero attached hydrogens (tertiary/aromatic N) is 2. The minimum absolute atomic E-state index is 0.0685. The summed E-state index contributed by atoms with van der Waals surface area (Å²) in [5, 5.41) is 9.29. The van der Waals surface area contributed by atoms with Gasteiger partial charge >= 0.3 is 5.97 Å². The molecule has 0 spiro atoms. The highest BCUT2D eigenvalue weighted by atomic mass is 16.4. The van der Waals surface area contributed by atoms with E-state index in [4.69, 9.17) is 0 Å². The zero-order chi connectivity index (χ0) is 14.9. The highest BCUT2D eigenvalue weighted by Gasteiger charge is 2.43. The minimum Gasteiger partial charge on any atom is -0.481 e. The number of likely N-dealkylation sites (tertiary alicyclic amines) is 1. The van der Waals surface area contributed by atoms with Crippen molar-refractivity contribution in [2.45, 2.75) is 38.6 Å². The average Bonchev–Trinajstić information content (AvgIpc) is 2.80. The van der Waals surface area contributed by atoms with Crippen molar-refractivity contribution in [3.63, 3.8) is 0 Å². The third-order valence-electron chi connectivity index (χ3n) is 4.94. The van der Waals surface area contributed by atoms with Crippen molar-refractivity contribution < 1.29 is 14.7 Å². The molecule has 0 aromatic rings. The van der Waals surface area contributed by atoms with Gasteiger partial charge in [0.25, 0.3) is 0 Å². The summed E-state index contributed by atoms with van der Waals surface area (Å²) in [4.78, 5) is 28.0. The van der Waals surface area contributed by atoms with Crippen LogP contribution in [0.3, 0.4) is 0 Å². The van der Waals surface area contributed by atoms with E-state index in [1.54, 1.807) is 0 Å². The molecule has 1 saturated carbocycles. The molecule has 5 nitrogen and oxygen atoms in total. The van der Waals surface area contributed by atoms with Crippen LogP contribution in [0.15, 0.2) is 0 Å². The lowest BCUT2D eigenvalue weighted by molar-refractivity contribution is -0.149. The fraction of sp³-hybridized carbons (Fsp3) is 0.867. The minimum atomic E-state index is -0.809. The molecule has 3 atom stereocenters. The zero-order valence-electron chi connectivity index (χ0n) is 12.7. The van der Waals surface area contributed by atoms with Crippen molar-refractivity contribution in [1.82, 2.24) is 9.80 Å². The van der Waals surface area contributed by atoms with Crippen molar-refractivity contribution in [2.75, 3.05) is 27.2 Å². The Bertz CT molecular complexity index is 375. The fourth-order valence-corrected chi connectivity index (χ4v) is 3.67. The first kappa shape index (κ1) is 15.3. The molecule has 1 aliphatic heterocycles. The van der Waals surface area contributed by atoms with Gasteiger partial charge < -0.3 is 14.9 Å². The second-order valence-electron chi connectivity index (χ2n) is 6.65. The summed E-state index contributed by atoms with van der Waals surface area (Å²) < 4.78 is 0. The highest BCUT2D eigenvalue weighted by molar-refractivity contribution is 5.85. The van der Waals surface area contributed by atoms with Gasteiger partial charge in [0.15, 0.2) is 0 Å². The molecule has 1 saturated heterocycles. The highest BCUT2D eigenvalue weighted by Crippen LogP contribution is 2.38. The number of carbonyl (C=O) groups excluding carboxylic acids is 1. The standard InChI is InChI=1S/C15H26N2O3/c1-10-8-12(13(9-10)15(19)20)14(18)17-6-4-11(5-7-17)16(2)3/h10-13H,4-9H2,1-3H3,(H,19,20)/t10?,12-,13+/m0/s1. The molecule has 2 rings (SSSR count). The number of hydrogen-bond donors (Lipinski definition) is 1. The van der Waals surface area contributed by atoms with Crippen LogP contribution in [-0.2, 0) is 9.59 Å². The summed E-state index contributed by atoms with van der Waals surface area (Å²) in [6.45, 7) is 3.57. The second-order valence-corrected chi connectivity index (χ2v) is 6.65. The van der Waals surface area contributed by atoms with Crippen LogP contribution in [0.5, 0.6) is 0 Å². The molecule has 2 fully saturated rings. The third-order valence-corrected chi connectivity index (χ3v) is 4.94. The summed E-state index contributed by atoms with van der Waals surface area (Å²) in [6, 6.07) is 0.539. The van der Waals surface area contributed by atoms with Gasteiger partial charge in [-0.2, -0.15) is 0 Å². The van der Waals surface area contributed by atoms with E-state index in [1.165, 1.54) is 0 Å². The van der Waals surface area contributed by atoms with Crippen LogP contribution in [0.2, 0.25) is 0 Å². The lowest BCUT2D eigenvalue weighted by atomic mass is 9.93. The van der Waals surface area contributed by atoms with Crippen LogP contribution in [0.1, 0.15) is 32.6 Å². The molecule has 0 aromatic carbocycles. The predicted molar refractivity (Wildman–Crippen MR) is 76.3 cm³/mol. The van der Waals surface area contributed by atoms with Gasteiger partial charge in [-0.3, -0.25) is 9.59 Å². The van der Waals surface area contributed by atoms with E-state index in [-0.39, 0.29) is 11.8 Å². The Morgan fingerprint density at radius 3 is 2.15 bits per heavy atom. The average molecular weight is 282 g/mol. The third kappa shape index (κ3) is 3.14. The van der Waals surface area contributed by atoms with Gasteiger partial charge in [0, 0.05) is 19.1 Å². The Morgan fingerprint density at radius 1 is 1.10 bits per heavy atom. The van der Waals surface area contributed by atoms with Crippen molar-refractivity contribution in [1.29, 1.82) is 0 Å². The van der Waals surface area contributed by atoms with E-state index in [1.807, 2.05) is 11.8 Å². The molecule has 0 bridgehead atoms. The normalized spacial score (nSPS) is 31.8. The SMILES string of the molecule is CC1C[C@H](C(=O)N2CCC(N(C)C)CC2)[C@H](C(=O)O)C1. The number of carboxylic acids is 1. The van der Waals surface area contributed by atoms with Crippen LogP contribution in [0, 0.1) is 17.8 Å². The van der Waals surface area contributed by atoms with E-state index in [0.717, 1.165) is 32.4 Å². The summed E-state index contributed by atoms with van der Waals surface area (Å²) in [6.07, 6.45) is 3.33. The number of carboxylic acid groups (broad SMARTS) is 1. The number of hydrogen-bond acceptors (Lipinski definition) is 3. The number of piperidine rings is 1. The van der Waals surface area contributed by atoms with E-state index in [2.05, 4.69) is 19.0 Å². The van der Waals surface area contributed by atoms with Gasteiger partial charge in [-0.05, 0) is 45.7 Å². The van der Waals surface area contributed by atoms with Crippen molar-refractivity contribution in [2.24, 2.45) is 17.8 Å². The van der Waals surface area contributed by atoms with E-state index < -0.39 is 11.9 Å². The van der Waals surface area contributed by atoms with E-state index >= 15 is 0 Å². The molecular formula is C15H26N2O3. The molecule has 114 valence electrons. The maximum atomic E-state index is 12.6. The number of rotatable bonds is 3. The molecule has 0 radical (unpaired) electrons. The summed E-state index contributed by atoms with van der Waals surface area (Å²) in [5.74, 6) is -1.19. The van der Waals surface area contributed by atoms with Gasteiger partial charge in [-0.1, -0.05) is 6.92 Å². The Morgan fingerprint density at radius 2 is 1.65 bits per heavy atom. The first-order chi connectivity index (χ1) is 9.40. The first-order valence-corrected chi connectivity index (χ1v) is 7.58. The van der Waals surface area contributed by atoms with Gasteiger partial charge in [-0.15, -0.1) is 0 Å². The molecule has 20 heavy (non-hydrogen) atoms. The molecule has 1 heterocycles. The lowest BCUT2D eigenvalue weighted by Gasteiger charge is -2.36. The summed E-state index contributed by atoms with van der Waals surface area (Å²) in [5.41, 5.74) is 0. The van der Waals surface area contributed by atoms with E-state index in [0.29, 0.717) is 18.4 Å². The smallest absolute Gasteiger partial charge is 0.307 e. The number of carbonyl (C=O) groups is 2. The molecule has 1 N–H and O–H groups in total. The Labute approximate surface area is 120 Å². The molecule has 2 aliphatic rings. The van der Waals surface area contributed by atoms with Gasteiger partial charge in [0.2, 0.25) is 5.91 Å². The Balaban J connectivity index is 1.96. The van der Waals surface area contributed by atoms with Crippen molar-refractivity contribution in [3.05, 3.63) is 0 Å². The molecule has 0 aromatic heterocycles. The van der Waals surface area contributed by atoms with Crippen molar-refractivity contribution in [3.8, 4) is 0 Å². The topological polar surface area (TPSA) is 60.9 Å². The largest absolute Gasteiger partial charge is 0.481 e. The van der Waals surface area contributed by atoms with Crippen LogP contribution in [0.25, 0.3) is 0 Å². The predicted octanol–water partition coefficient (Wildman–Crippen LogP) is 1.29. The van der Waals surface area contributed by atoms with Crippen LogP contribution < -0.4 is 0 Å². The second kappa shape index (κ2) is 6.12. The first-order valence-electron chi connectivity index (χ1n) is 7.58. The summed E-state index contributed by atoms with van der Waals surface area (Å²) >= 11 is 0. The van der Waals surface area contributed by atoms with E-state index in [9.17, 15) is 14.7 Å². The van der Waals surface area contributed by atoms with Gasteiger partial charge in [-0.25, -0.2) is 0 Å². The maximum Gasteiger partial charge on any atom is 0.307 e. The van der Waals surface area contributed by atoms with Gasteiger partial charge in [0.05, 0.1) is 11.8 Å². The lowest BCUT2D eigenvalue weighted by Crippen LogP contribution is -2.47. The van der Waals surface area contributed by atoms with Gasteiger partial charge in [0.1, 0.15) is 0 Å². The maximum absolute atomic E-state index is 12.6. The molecular weight excluding hydrogens is 256 g/mol. The molecule has 1 amide bonds. The fourth-order valence-electron chi connectivity index (χ4n) is 3.67. The van der Waals surface area contributed by atoms with Crippen molar-refractivity contribution >= 4 is 11.9 Å². The summed E-state index contributed by atoms with van der Waals surface area (Å²) in [7, 11) is 4.14. The van der Waals surface area contributed by atoms with Crippen LogP contribution >= 0.6 is 0 Å². The Hall–Kier alpha value is -1.10. The molecule has 1 aliphatic carbocycles. The monoisotopic (exact) mass is 282 g/mol. The number of amides is 1.